The Balaban J connectivity index is 1.94. The Kier molecular flexibility index (Phi) is 3.79. The molecule has 0 radical (unpaired) electrons. The van der Waals surface area contributed by atoms with Gasteiger partial charge in [0.25, 0.3) is 5.91 Å². The quantitative estimate of drug-likeness (QED) is 0.916. The van der Waals surface area contributed by atoms with Gasteiger partial charge in [0.05, 0.1) is 10.0 Å². The molecule has 0 heterocycles. The smallest absolute Gasteiger partial charge is 0.260 e. The van der Waals surface area contributed by atoms with E-state index in [1.165, 1.54) is 0 Å². The predicted molar refractivity (Wildman–Crippen MR) is 67.7 cm³/mol. The molecule has 1 saturated carbocycles. The van der Waals surface area contributed by atoms with Gasteiger partial charge in [0.1, 0.15) is 5.75 Å². The summed E-state index contributed by atoms with van der Waals surface area (Å²) >= 11 is 11.6. The summed E-state index contributed by atoms with van der Waals surface area (Å²) in [6.07, 6.45) is 1.59. The highest BCUT2D eigenvalue weighted by atomic mass is 35.5. The SMILES string of the molecule is C[C@@H](Oc1ccc(Cl)c(Cl)c1)C(=O)NC1CC1. The van der Waals surface area contributed by atoms with E-state index in [1.54, 1.807) is 25.1 Å². The Labute approximate surface area is 110 Å². The van der Waals surface area contributed by atoms with Crippen LogP contribution >= 0.6 is 23.2 Å². The first-order valence-corrected chi connectivity index (χ1v) is 6.24. The van der Waals surface area contributed by atoms with Crippen LogP contribution in [0.1, 0.15) is 19.8 Å². The lowest BCUT2D eigenvalue weighted by Gasteiger charge is -2.14. The summed E-state index contributed by atoms with van der Waals surface area (Å²) in [5.41, 5.74) is 0. The van der Waals surface area contributed by atoms with Crippen molar-refractivity contribution in [2.45, 2.75) is 31.9 Å². The van der Waals surface area contributed by atoms with E-state index in [2.05, 4.69) is 5.32 Å². The Morgan fingerprint density at radius 3 is 2.71 bits per heavy atom. The standard InChI is InChI=1S/C12H13Cl2NO2/c1-7(12(16)15-8-2-3-8)17-9-4-5-10(13)11(14)6-9/h4-8H,2-3H2,1H3,(H,15,16)/t7-/m1/s1. The summed E-state index contributed by atoms with van der Waals surface area (Å²) in [5, 5.41) is 3.76. The van der Waals surface area contributed by atoms with Gasteiger partial charge in [0, 0.05) is 12.1 Å². The number of halogens is 2. The average molecular weight is 274 g/mol. The van der Waals surface area contributed by atoms with Crippen LogP contribution < -0.4 is 10.1 Å². The van der Waals surface area contributed by atoms with Gasteiger partial charge in [0.15, 0.2) is 6.10 Å². The molecule has 1 fully saturated rings. The molecule has 0 bridgehead atoms. The molecule has 1 aliphatic rings. The number of nitrogens with one attached hydrogen (secondary N) is 1. The Bertz CT molecular complexity index is 433. The second-order valence-corrected chi connectivity index (χ2v) is 4.93. The van der Waals surface area contributed by atoms with Gasteiger partial charge in [-0.05, 0) is 31.9 Å². The number of amides is 1. The van der Waals surface area contributed by atoms with E-state index in [-0.39, 0.29) is 5.91 Å². The fourth-order valence-electron chi connectivity index (χ4n) is 1.35. The fourth-order valence-corrected chi connectivity index (χ4v) is 1.64. The first-order chi connectivity index (χ1) is 8.06. The maximum absolute atomic E-state index is 11.7. The van der Waals surface area contributed by atoms with Crippen LogP contribution in [-0.2, 0) is 4.79 Å². The van der Waals surface area contributed by atoms with Gasteiger partial charge in [-0.1, -0.05) is 23.2 Å². The van der Waals surface area contributed by atoms with Crippen LogP contribution in [0.2, 0.25) is 10.0 Å². The van der Waals surface area contributed by atoms with E-state index < -0.39 is 6.10 Å². The number of hydrogen-bond donors (Lipinski definition) is 1. The van der Waals surface area contributed by atoms with E-state index in [4.69, 9.17) is 27.9 Å². The summed E-state index contributed by atoms with van der Waals surface area (Å²) in [6, 6.07) is 5.27. The minimum absolute atomic E-state index is 0.0985. The third-order valence-electron chi connectivity index (χ3n) is 2.50. The average Bonchev–Trinajstić information content (AvgIpc) is 3.07. The lowest BCUT2D eigenvalue weighted by molar-refractivity contribution is -0.127. The van der Waals surface area contributed by atoms with Crippen LogP contribution in [0.15, 0.2) is 18.2 Å². The summed E-state index contributed by atoms with van der Waals surface area (Å²) in [5.74, 6) is 0.441. The van der Waals surface area contributed by atoms with Gasteiger partial charge in [-0.15, -0.1) is 0 Å². The van der Waals surface area contributed by atoms with Crippen LogP contribution in [0.25, 0.3) is 0 Å². The summed E-state index contributed by atoms with van der Waals surface area (Å²) in [4.78, 5) is 11.7. The molecule has 1 amide bonds. The van der Waals surface area contributed by atoms with Crippen LogP contribution in [0.3, 0.4) is 0 Å². The molecule has 17 heavy (non-hydrogen) atoms. The van der Waals surface area contributed by atoms with E-state index in [1.807, 2.05) is 0 Å². The Hall–Kier alpha value is -0.930. The molecule has 1 atom stereocenters. The fraction of sp³-hybridized carbons (Fsp3) is 0.417. The molecule has 0 aliphatic heterocycles. The topological polar surface area (TPSA) is 38.3 Å². The zero-order valence-electron chi connectivity index (χ0n) is 9.37. The molecule has 1 aromatic rings. The van der Waals surface area contributed by atoms with Gasteiger partial charge in [-0.2, -0.15) is 0 Å². The molecule has 3 nitrogen and oxygen atoms in total. The number of hydrogen-bond acceptors (Lipinski definition) is 2. The minimum atomic E-state index is -0.534. The van der Waals surface area contributed by atoms with Crippen molar-refractivity contribution in [2.75, 3.05) is 0 Å². The third-order valence-corrected chi connectivity index (χ3v) is 3.24. The van der Waals surface area contributed by atoms with Crippen molar-refractivity contribution < 1.29 is 9.53 Å². The highest BCUT2D eigenvalue weighted by Crippen LogP contribution is 2.27. The van der Waals surface area contributed by atoms with Crippen LogP contribution in [0.4, 0.5) is 0 Å². The number of ether oxygens (including phenoxy) is 1. The molecule has 0 aromatic heterocycles. The zero-order valence-corrected chi connectivity index (χ0v) is 10.9. The monoisotopic (exact) mass is 273 g/mol. The molecule has 0 spiro atoms. The molecular weight excluding hydrogens is 261 g/mol. The normalized spacial score (nSPS) is 16.4. The van der Waals surface area contributed by atoms with Crippen LogP contribution in [-0.4, -0.2) is 18.1 Å². The van der Waals surface area contributed by atoms with E-state index in [0.717, 1.165) is 12.8 Å². The summed E-state index contributed by atoms with van der Waals surface area (Å²) in [7, 11) is 0. The predicted octanol–water partition coefficient (Wildman–Crippen LogP) is 3.04. The lowest BCUT2D eigenvalue weighted by Crippen LogP contribution is -2.37. The van der Waals surface area contributed by atoms with Crippen molar-refractivity contribution in [3.8, 4) is 5.75 Å². The first-order valence-electron chi connectivity index (χ1n) is 5.48. The van der Waals surface area contributed by atoms with E-state index in [9.17, 15) is 4.79 Å². The number of carbonyl (C=O) groups excluding carboxylic acids is 1. The van der Waals surface area contributed by atoms with Gasteiger partial charge >= 0.3 is 0 Å². The van der Waals surface area contributed by atoms with Gasteiger partial charge in [0.2, 0.25) is 0 Å². The molecule has 2 rings (SSSR count). The summed E-state index contributed by atoms with van der Waals surface area (Å²) in [6.45, 7) is 1.71. The maximum Gasteiger partial charge on any atom is 0.260 e. The Morgan fingerprint density at radius 2 is 2.12 bits per heavy atom. The van der Waals surface area contributed by atoms with Crippen molar-refractivity contribution in [2.24, 2.45) is 0 Å². The molecular formula is C12H13Cl2NO2. The highest BCUT2D eigenvalue weighted by molar-refractivity contribution is 6.42. The van der Waals surface area contributed by atoms with Gasteiger partial charge in [-0.3, -0.25) is 4.79 Å². The number of benzene rings is 1. The second-order valence-electron chi connectivity index (χ2n) is 4.12. The first kappa shape index (κ1) is 12.5. The van der Waals surface area contributed by atoms with Crippen LogP contribution in [0.5, 0.6) is 5.75 Å². The molecule has 92 valence electrons. The van der Waals surface area contributed by atoms with Crippen molar-refractivity contribution >= 4 is 29.1 Å². The molecule has 1 N–H and O–H groups in total. The maximum atomic E-state index is 11.7. The largest absolute Gasteiger partial charge is 0.481 e. The van der Waals surface area contributed by atoms with E-state index in [0.29, 0.717) is 21.8 Å². The molecule has 1 aromatic carbocycles. The Morgan fingerprint density at radius 1 is 1.41 bits per heavy atom. The van der Waals surface area contributed by atoms with Crippen molar-refractivity contribution in [3.63, 3.8) is 0 Å². The second kappa shape index (κ2) is 5.15. The van der Waals surface area contributed by atoms with Crippen molar-refractivity contribution in [1.82, 2.24) is 5.32 Å². The molecule has 5 heteroatoms. The number of rotatable bonds is 4. The van der Waals surface area contributed by atoms with Gasteiger partial charge in [-0.25, -0.2) is 0 Å². The van der Waals surface area contributed by atoms with Crippen molar-refractivity contribution in [1.29, 1.82) is 0 Å². The molecule has 1 aliphatic carbocycles. The van der Waals surface area contributed by atoms with Crippen molar-refractivity contribution in [3.05, 3.63) is 28.2 Å². The lowest BCUT2D eigenvalue weighted by atomic mass is 10.3. The zero-order chi connectivity index (χ0) is 12.4. The van der Waals surface area contributed by atoms with E-state index >= 15 is 0 Å². The van der Waals surface area contributed by atoms with Gasteiger partial charge < -0.3 is 10.1 Å². The molecule has 0 saturated heterocycles. The molecule has 0 unspecified atom stereocenters. The minimum Gasteiger partial charge on any atom is -0.481 e. The summed E-state index contributed by atoms with van der Waals surface area (Å²) < 4.78 is 5.49. The third kappa shape index (κ3) is 3.51. The van der Waals surface area contributed by atoms with Crippen LogP contribution in [0, 0.1) is 0 Å². The number of carbonyl (C=O) groups is 1. The highest BCUT2D eigenvalue weighted by Gasteiger charge is 2.26.